The van der Waals surface area contributed by atoms with E-state index in [1.807, 2.05) is 24.4 Å². The second-order valence-electron chi connectivity index (χ2n) is 3.22. The molecular weight excluding hydrogens is 176 g/mol. The zero-order valence-corrected chi connectivity index (χ0v) is 7.77. The molecule has 0 aliphatic carbocycles. The highest BCUT2D eigenvalue weighted by atomic mass is 16.3. The van der Waals surface area contributed by atoms with E-state index in [-0.39, 0.29) is 6.61 Å². The molecule has 0 saturated heterocycles. The van der Waals surface area contributed by atoms with Crippen LogP contribution in [0.15, 0.2) is 36.8 Å². The lowest BCUT2D eigenvalue weighted by atomic mass is 10.1. The van der Waals surface area contributed by atoms with Gasteiger partial charge in [0.1, 0.15) is 0 Å². The van der Waals surface area contributed by atoms with Crippen LogP contribution < -0.4 is 0 Å². The fourth-order valence-corrected chi connectivity index (χ4v) is 1.42. The van der Waals surface area contributed by atoms with Crippen molar-refractivity contribution in [2.75, 3.05) is 0 Å². The Morgan fingerprint density at radius 1 is 1.21 bits per heavy atom. The lowest BCUT2D eigenvalue weighted by Crippen LogP contribution is -1.85. The van der Waals surface area contributed by atoms with Gasteiger partial charge >= 0.3 is 0 Å². The first kappa shape index (κ1) is 8.97. The molecule has 0 aliphatic rings. The molecule has 0 unspecified atom stereocenters. The Morgan fingerprint density at radius 2 is 2.00 bits per heavy atom. The van der Waals surface area contributed by atoms with E-state index < -0.39 is 0 Å². The van der Waals surface area contributed by atoms with Crippen LogP contribution >= 0.6 is 0 Å². The summed E-state index contributed by atoms with van der Waals surface area (Å²) in [4.78, 5) is 6.97. The number of hydrogen-bond donors (Lipinski definition) is 2. The van der Waals surface area contributed by atoms with Gasteiger partial charge in [-0.05, 0) is 35.7 Å². The maximum atomic E-state index is 8.88. The number of rotatable bonds is 3. The number of nitrogens with one attached hydrogen (secondary N) is 1. The van der Waals surface area contributed by atoms with Gasteiger partial charge in [0.2, 0.25) is 0 Å². The van der Waals surface area contributed by atoms with Crippen LogP contribution in [-0.4, -0.2) is 15.1 Å². The quantitative estimate of drug-likeness (QED) is 0.766. The van der Waals surface area contributed by atoms with Crippen LogP contribution in [0.4, 0.5) is 0 Å². The van der Waals surface area contributed by atoms with Crippen LogP contribution in [0, 0.1) is 0 Å². The third-order valence-electron chi connectivity index (χ3n) is 2.13. The van der Waals surface area contributed by atoms with E-state index in [0.717, 1.165) is 12.1 Å². The molecule has 0 fully saturated rings. The molecule has 0 aromatic carbocycles. The smallest absolute Gasteiger partial charge is 0.0830 e. The van der Waals surface area contributed by atoms with Crippen LogP contribution in [0.25, 0.3) is 0 Å². The summed E-state index contributed by atoms with van der Waals surface area (Å²) in [6.07, 6.45) is 6.37. The van der Waals surface area contributed by atoms with Crippen molar-refractivity contribution in [2.45, 2.75) is 13.0 Å². The summed E-state index contributed by atoms with van der Waals surface area (Å²) >= 11 is 0. The first-order valence-corrected chi connectivity index (χ1v) is 4.54. The van der Waals surface area contributed by atoms with Gasteiger partial charge in [-0.25, -0.2) is 0 Å². The van der Waals surface area contributed by atoms with Crippen LogP contribution in [0.1, 0.15) is 16.8 Å². The zero-order valence-electron chi connectivity index (χ0n) is 7.77. The first-order valence-electron chi connectivity index (χ1n) is 4.54. The number of aliphatic hydroxyl groups excluding tert-OH is 1. The number of aromatic nitrogens is 2. The largest absolute Gasteiger partial charge is 0.390 e. The predicted molar refractivity (Wildman–Crippen MR) is 53.8 cm³/mol. The first-order chi connectivity index (χ1) is 6.88. The summed E-state index contributed by atoms with van der Waals surface area (Å²) in [5.41, 5.74) is 3.26. The molecule has 3 heteroatoms. The van der Waals surface area contributed by atoms with Crippen molar-refractivity contribution < 1.29 is 5.11 Å². The third-order valence-corrected chi connectivity index (χ3v) is 2.13. The fourth-order valence-electron chi connectivity index (χ4n) is 1.42. The summed E-state index contributed by atoms with van der Waals surface area (Å²) in [6.45, 7) is 0.0658. The van der Waals surface area contributed by atoms with Crippen molar-refractivity contribution in [1.82, 2.24) is 9.97 Å². The van der Waals surface area contributed by atoms with Gasteiger partial charge in [-0.2, -0.15) is 0 Å². The van der Waals surface area contributed by atoms with Gasteiger partial charge in [0.05, 0.1) is 6.61 Å². The predicted octanol–water partition coefficient (Wildman–Crippen LogP) is 1.49. The second kappa shape index (κ2) is 4.07. The average Bonchev–Trinajstić information content (AvgIpc) is 2.67. The number of pyridine rings is 1. The average molecular weight is 188 g/mol. The number of hydrogen-bond acceptors (Lipinski definition) is 2. The van der Waals surface area contributed by atoms with Gasteiger partial charge in [0.15, 0.2) is 0 Å². The summed E-state index contributed by atoms with van der Waals surface area (Å²) < 4.78 is 0. The number of aromatic amines is 1. The summed E-state index contributed by atoms with van der Waals surface area (Å²) in [7, 11) is 0. The minimum absolute atomic E-state index is 0.0658. The Bertz CT molecular complexity index is 395. The van der Waals surface area contributed by atoms with Crippen molar-refractivity contribution in [3.8, 4) is 0 Å². The minimum Gasteiger partial charge on any atom is -0.390 e. The molecule has 2 rings (SSSR count). The van der Waals surface area contributed by atoms with Gasteiger partial charge in [0, 0.05) is 24.3 Å². The molecule has 2 aromatic rings. The van der Waals surface area contributed by atoms with Crippen molar-refractivity contribution in [3.05, 3.63) is 53.6 Å². The number of nitrogens with zero attached hydrogens (tertiary/aromatic N) is 1. The maximum absolute atomic E-state index is 8.88. The normalized spacial score (nSPS) is 10.4. The molecule has 2 heterocycles. The van der Waals surface area contributed by atoms with Crippen molar-refractivity contribution >= 4 is 0 Å². The van der Waals surface area contributed by atoms with Crippen molar-refractivity contribution in [1.29, 1.82) is 0 Å². The van der Waals surface area contributed by atoms with Crippen molar-refractivity contribution in [2.24, 2.45) is 0 Å². The Morgan fingerprint density at radius 3 is 2.64 bits per heavy atom. The molecule has 0 radical (unpaired) electrons. The molecule has 0 saturated carbocycles. The second-order valence-corrected chi connectivity index (χ2v) is 3.22. The number of aliphatic hydroxyl groups is 1. The van der Waals surface area contributed by atoms with E-state index in [1.165, 1.54) is 11.1 Å². The van der Waals surface area contributed by atoms with E-state index in [1.54, 1.807) is 12.4 Å². The minimum atomic E-state index is 0.0658. The zero-order chi connectivity index (χ0) is 9.80. The topological polar surface area (TPSA) is 48.9 Å². The Labute approximate surface area is 82.4 Å². The fraction of sp³-hybridized carbons (Fsp3) is 0.182. The molecular formula is C11H12N2O. The molecule has 0 aliphatic heterocycles. The summed E-state index contributed by atoms with van der Waals surface area (Å²) in [5.74, 6) is 0. The molecule has 0 amide bonds. The van der Waals surface area contributed by atoms with Gasteiger partial charge in [-0.3, -0.25) is 4.98 Å². The van der Waals surface area contributed by atoms with Crippen LogP contribution in [0.5, 0.6) is 0 Å². The highest BCUT2D eigenvalue weighted by molar-refractivity contribution is 5.24. The molecule has 0 atom stereocenters. The van der Waals surface area contributed by atoms with E-state index in [0.29, 0.717) is 0 Å². The lowest BCUT2D eigenvalue weighted by molar-refractivity contribution is 0.277. The lowest BCUT2D eigenvalue weighted by Gasteiger charge is -1.96. The van der Waals surface area contributed by atoms with Crippen molar-refractivity contribution in [3.63, 3.8) is 0 Å². The van der Waals surface area contributed by atoms with E-state index >= 15 is 0 Å². The van der Waals surface area contributed by atoms with Gasteiger partial charge in [0.25, 0.3) is 0 Å². The van der Waals surface area contributed by atoms with E-state index in [9.17, 15) is 0 Å². The van der Waals surface area contributed by atoms with Gasteiger partial charge in [-0.1, -0.05) is 0 Å². The Hall–Kier alpha value is -1.61. The van der Waals surface area contributed by atoms with Crippen LogP contribution in [0.3, 0.4) is 0 Å². The third kappa shape index (κ3) is 2.00. The highest BCUT2D eigenvalue weighted by Gasteiger charge is 1.99. The molecule has 0 bridgehead atoms. The standard InChI is InChI=1S/C11H12N2O/c14-8-11-6-10(7-13-11)5-9-1-3-12-4-2-9/h1-4,6-7,13-14H,5,8H2. The Balaban J connectivity index is 2.11. The number of H-pyrrole nitrogens is 1. The van der Waals surface area contributed by atoms with Gasteiger partial charge in [-0.15, -0.1) is 0 Å². The van der Waals surface area contributed by atoms with E-state index in [4.69, 9.17) is 5.11 Å². The summed E-state index contributed by atoms with van der Waals surface area (Å²) in [6, 6.07) is 5.96. The molecule has 0 spiro atoms. The van der Waals surface area contributed by atoms with E-state index in [2.05, 4.69) is 9.97 Å². The molecule has 3 nitrogen and oxygen atoms in total. The molecule has 2 N–H and O–H groups in total. The van der Waals surface area contributed by atoms with Gasteiger partial charge < -0.3 is 10.1 Å². The molecule has 72 valence electrons. The SMILES string of the molecule is OCc1cc(Cc2ccncc2)c[nH]1. The highest BCUT2D eigenvalue weighted by Crippen LogP contribution is 2.09. The van der Waals surface area contributed by atoms with Crippen LogP contribution in [-0.2, 0) is 13.0 Å². The molecule has 2 aromatic heterocycles. The Kier molecular flexibility index (Phi) is 2.60. The van der Waals surface area contributed by atoms with Crippen LogP contribution in [0.2, 0.25) is 0 Å². The maximum Gasteiger partial charge on any atom is 0.0830 e. The molecule has 14 heavy (non-hydrogen) atoms. The summed E-state index contributed by atoms with van der Waals surface area (Å²) in [5, 5.41) is 8.88. The monoisotopic (exact) mass is 188 g/mol.